The topological polar surface area (TPSA) is 75.9 Å². The predicted molar refractivity (Wildman–Crippen MR) is 106 cm³/mol. The van der Waals surface area contributed by atoms with Gasteiger partial charge in [0.2, 0.25) is 11.8 Å². The summed E-state index contributed by atoms with van der Waals surface area (Å²) in [5.74, 6) is -0.216. The van der Waals surface area contributed by atoms with Crippen LogP contribution in [0.5, 0.6) is 0 Å². The van der Waals surface area contributed by atoms with Crippen LogP contribution in [-0.4, -0.2) is 61.0 Å². The minimum atomic E-state index is -0.334. The average molecular weight is 396 g/mol. The Balaban J connectivity index is 0.00000261. The molecular weight excluding hydrogens is 366 g/mol. The van der Waals surface area contributed by atoms with Crippen LogP contribution in [-0.2, 0) is 14.3 Å². The van der Waals surface area contributed by atoms with Crippen molar-refractivity contribution in [1.82, 2.24) is 9.80 Å². The molecule has 2 heterocycles. The predicted octanol–water partition coefficient (Wildman–Crippen LogP) is 1.84. The van der Waals surface area contributed by atoms with Crippen molar-refractivity contribution in [2.24, 2.45) is 17.6 Å². The average Bonchev–Trinajstić information content (AvgIpc) is 2.73. The van der Waals surface area contributed by atoms with E-state index in [-0.39, 0.29) is 42.1 Å². The van der Waals surface area contributed by atoms with Crippen molar-refractivity contribution in [2.45, 2.75) is 25.8 Å². The van der Waals surface area contributed by atoms with Gasteiger partial charge in [0, 0.05) is 32.2 Å². The summed E-state index contributed by atoms with van der Waals surface area (Å²) >= 11 is 0. The summed E-state index contributed by atoms with van der Waals surface area (Å²) in [6, 6.07) is 9.38. The molecule has 0 radical (unpaired) electrons. The lowest BCUT2D eigenvalue weighted by molar-refractivity contribution is -0.145. The van der Waals surface area contributed by atoms with Gasteiger partial charge in [0.15, 0.2) is 0 Å². The molecule has 6 nitrogen and oxygen atoms in total. The lowest BCUT2D eigenvalue weighted by Crippen LogP contribution is -2.51. The molecule has 150 valence electrons. The number of benzene rings is 1. The number of rotatable bonds is 4. The molecule has 1 aromatic carbocycles. The molecule has 2 aliphatic heterocycles. The van der Waals surface area contributed by atoms with E-state index >= 15 is 0 Å². The summed E-state index contributed by atoms with van der Waals surface area (Å²) in [6.45, 7) is 5.59. The quantitative estimate of drug-likeness (QED) is 0.844. The second kappa shape index (κ2) is 10.1. The Hall–Kier alpha value is -1.63. The van der Waals surface area contributed by atoms with Gasteiger partial charge in [-0.3, -0.25) is 9.59 Å². The maximum Gasteiger partial charge on any atom is 0.227 e. The molecule has 7 heteroatoms. The molecule has 0 spiro atoms. The zero-order chi connectivity index (χ0) is 18.5. The highest BCUT2D eigenvalue weighted by Crippen LogP contribution is 2.25. The molecule has 0 bridgehead atoms. The van der Waals surface area contributed by atoms with E-state index < -0.39 is 0 Å². The summed E-state index contributed by atoms with van der Waals surface area (Å²) < 4.78 is 5.32. The van der Waals surface area contributed by atoms with Gasteiger partial charge in [-0.1, -0.05) is 37.3 Å². The maximum absolute atomic E-state index is 13.0. The van der Waals surface area contributed by atoms with E-state index in [1.165, 1.54) is 0 Å². The van der Waals surface area contributed by atoms with Crippen molar-refractivity contribution in [3.63, 3.8) is 0 Å². The lowest BCUT2D eigenvalue weighted by Gasteiger charge is -2.37. The number of amides is 2. The van der Waals surface area contributed by atoms with Crippen LogP contribution in [0.25, 0.3) is 0 Å². The van der Waals surface area contributed by atoms with Crippen molar-refractivity contribution in [1.29, 1.82) is 0 Å². The van der Waals surface area contributed by atoms with Crippen LogP contribution in [0.3, 0.4) is 0 Å². The highest BCUT2D eigenvalue weighted by molar-refractivity contribution is 5.85. The normalized spacial score (nSPS) is 22.5. The number of piperidine rings is 1. The second-order valence-corrected chi connectivity index (χ2v) is 7.29. The lowest BCUT2D eigenvalue weighted by atomic mass is 9.91. The van der Waals surface area contributed by atoms with Gasteiger partial charge in [-0.15, -0.1) is 12.4 Å². The van der Waals surface area contributed by atoms with Gasteiger partial charge in [-0.25, -0.2) is 0 Å². The van der Waals surface area contributed by atoms with Crippen LogP contribution in [0, 0.1) is 11.8 Å². The molecule has 2 fully saturated rings. The molecule has 2 amide bonds. The number of likely N-dealkylation sites (tertiary alicyclic amines) is 1. The fourth-order valence-corrected chi connectivity index (χ4v) is 3.83. The van der Waals surface area contributed by atoms with Crippen LogP contribution >= 0.6 is 12.4 Å². The minimum Gasteiger partial charge on any atom is -0.378 e. The van der Waals surface area contributed by atoms with Gasteiger partial charge < -0.3 is 20.3 Å². The molecule has 3 rings (SSSR count). The van der Waals surface area contributed by atoms with Gasteiger partial charge in [0.1, 0.15) is 0 Å². The van der Waals surface area contributed by atoms with Gasteiger partial charge in [-0.2, -0.15) is 0 Å². The van der Waals surface area contributed by atoms with Crippen molar-refractivity contribution in [3.8, 4) is 0 Å². The monoisotopic (exact) mass is 395 g/mol. The summed E-state index contributed by atoms with van der Waals surface area (Å²) in [7, 11) is 0. The summed E-state index contributed by atoms with van der Waals surface area (Å²) in [5, 5.41) is 0. The van der Waals surface area contributed by atoms with E-state index in [0.717, 1.165) is 18.4 Å². The fourth-order valence-electron chi connectivity index (χ4n) is 3.83. The van der Waals surface area contributed by atoms with Crippen LogP contribution in [0.1, 0.15) is 31.4 Å². The van der Waals surface area contributed by atoms with Crippen molar-refractivity contribution < 1.29 is 14.3 Å². The van der Waals surface area contributed by atoms with Crippen LogP contribution in [0.2, 0.25) is 0 Å². The number of hydrogen-bond donors (Lipinski definition) is 1. The summed E-state index contributed by atoms with van der Waals surface area (Å²) in [5.41, 5.74) is 7.29. The molecule has 27 heavy (non-hydrogen) atoms. The van der Waals surface area contributed by atoms with Crippen molar-refractivity contribution in [3.05, 3.63) is 35.9 Å². The first-order chi connectivity index (χ1) is 12.6. The van der Waals surface area contributed by atoms with E-state index in [1.807, 2.05) is 47.1 Å². The number of halogens is 1. The number of nitrogens with zero attached hydrogens (tertiary/aromatic N) is 2. The molecule has 0 aliphatic carbocycles. The fraction of sp³-hybridized carbons (Fsp3) is 0.600. The van der Waals surface area contributed by atoms with Crippen LogP contribution < -0.4 is 5.73 Å². The maximum atomic E-state index is 13.0. The molecule has 0 aromatic heterocycles. The number of carbonyl (C=O) groups is 2. The van der Waals surface area contributed by atoms with Crippen molar-refractivity contribution >= 4 is 24.2 Å². The molecule has 3 unspecified atom stereocenters. The number of morpholine rings is 1. The SMILES string of the molecule is CC(C(=O)N1CCCC(C(=O)N2CCOCC2)C1)C(N)c1ccccc1.Cl. The Morgan fingerprint density at radius 2 is 1.78 bits per heavy atom. The van der Waals surface area contributed by atoms with E-state index in [9.17, 15) is 9.59 Å². The first-order valence-electron chi connectivity index (χ1n) is 9.53. The van der Waals surface area contributed by atoms with Gasteiger partial charge >= 0.3 is 0 Å². The Morgan fingerprint density at radius 3 is 2.44 bits per heavy atom. The smallest absolute Gasteiger partial charge is 0.227 e. The third kappa shape index (κ3) is 5.21. The molecule has 2 saturated heterocycles. The number of nitrogens with two attached hydrogens (primary N) is 1. The molecule has 2 aliphatic rings. The summed E-state index contributed by atoms with van der Waals surface area (Å²) in [6.07, 6.45) is 1.71. The second-order valence-electron chi connectivity index (χ2n) is 7.29. The Kier molecular flexibility index (Phi) is 8.07. The van der Waals surface area contributed by atoms with Gasteiger partial charge in [0.05, 0.1) is 25.0 Å². The Labute approximate surface area is 167 Å². The van der Waals surface area contributed by atoms with Gasteiger partial charge in [0.25, 0.3) is 0 Å². The highest BCUT2D eigenvalue weighted by Gasteiger charge is 2.34. The van der Waals surface area contributed by atoms with E-state index in [1.54, 1.807) is 0 Å². The van der Waals surface area contributed by atoms with E-state index in [4.69, 9.17) is 10.5 Å². The molecule has 0 saturated carbocycles. The van der Waals surface area contributed by atoms with E-state index in [2.05, 4.69) is 0 Å². The zero-order valence-corrected chi connectivity index (χ0v) is 16.7. The Bertz CT molecular complexity index is 622. The minimum absolute atomic E-state index is 0. The van der Waals surface area contributed by atoms with Crippen LogP contribution in [0.15, 0.2) is 30.3 Å². The third-order valence-corrected chi connectivity index (χ3v) is 5.52. The molecular formula is C20H30ClN3O3. The standard InChI is InChI=1S/C20H29N3O3.ClH/c1-15(18(21)16-6-3-2-4-7-16)19(24)23-9-5-8-17(14-23)20(25)22-10-12-26-13-11-22;/h2-4,6-7,15,17-18H,5,8-14,21H2,1H3;1H. The molecule has 2 N–H and O–H groups in total. The first-order valence-corrected chi connectivity index (χ1v) is 9.53. The molecule has 3 atom stereocenters. The summed E-state index contributed by atoms with van der Waals surface area (Å²) in [4.78, 5) is 29.4. The van der Waals surface area contributed by atoms with Crippen LogP contribution in [0.4, 0.5) is 0 Å². The number of carbonyl (C=O) groups excluding carboxylic acids is 2. The first kappa shape index (κ1) is 21.7. The third-order valence-electron chi connectivity index (χ3n) is 5.52. The zero-order valence-electron chi connectivity index (χ0n) is 15.9. The van der Waals surface area contributed by atoms with Gasteiger partial charge in [-0.05, 0) is 18.4 Å². The largest absolute Gasteiger partial charge is 0.378 e. The Morgan fingerprint density at radius 1 is 1.11 bits per heavy atom. The number of ether oxygens (including phenoxy) is 1. The highest BCUT2D eigenvalue weighted by atomic mass is 35.5. The number of hydrogen-bond acceptors (Lipinski definition) is 4. The van der Waals surface area contributed by atoms with Crippen molar-refractivity contribution in [2.75, 3.05) is 39.4 Å². The van der Waals surface area contributed by atoms with E-state index in [0.29, 0.717) is 39.4 Å². The molecule has 1 aromatic rings.